The van der Waals surface area contributed by atoms with Crippen LogP contribution in [0, 0.1) is 24.2 Å². The molecule has 2 fully saturated rings. The fourth-order valence-corrected chi connectivity index (χ4v) is 6.00. The van der Waals surface area contributed by atoms with Crippen LogP contribution < -0.4 is 0 Å². The summed E-state index contributed by atoms with van der Waals surface area (Å²) in [6, 6.07) is 7.02. The molecule has 25 heavy (non-hydrogen) atoms. The zero-order valence-corrected chi connectivity index (χ0v) is 16.5. The van der Waals surface area contributed by atoms with Gasteiger partial charge >= 0.3 is 0 Å². The maximum absolute atomic E-state index is 13.3. The number of hydrogen-bond donors (Lipinski definition) is 0. The van der Waals surface area contributed by atoms with Crippen LogP contribution in [-0.4, -0.2) is 25.3 Å². The van der Waals surface area contributed by atoms with Crippen LogP contribution >= 0.6 is 0 Å². The summed E-state index contributed by atoms with van der Waals surface area (Å²) in [6.45, 7) is 13.3. The van der Waals surface area contributed by atoms with Gasteiger partial charge in [0.2, 0.25) is 10.0 Å². The minimum atomic E-state index is -3.52. The molecule has 136 valence electrons. The van der Waals surface area contributed by atoms with Gasteiger partial charge in [-0.25, -0.2) is 8.42 Å². The van der Waals surface area contributed by atoms with Gasteiger partial charge in [-0.3, -0.25) is 0 Å². The van der Waals surface area contributed by atoms with Gasteiger partial charge in [-0.15, -0.1) is 0 Å². The Balaban J connectivity index is 2.05. The third-order valence-corrected chi connectivity index (χ3v) is 7.90. The molecule has 1 aromatic carbocycles. The molecule has 2 unspecified atom stereocenters. The molecule has 0 amide bonds. The second kappa shape index (κ2) is 6.40. The van der Waals surface area contributed by atoms with E-state index in [2.05, 4.69) is 39.5 Å². The second-order valence-electron chi connectivity index (χ2n) is 8.08. The van der Waals surface area contributed by atoms with Gasteiger partial charge in [-0.05, 0) is 43.7 Å². The first-order chi connectivity index (χ1) is 11.7. The molecular formula is C21H29NO2S. The van der Waals surface area contributed by atoms with Crippen molar-refractivity contribution in [3.63, 3.8) is 0 Å². The van der Waals surface area contributed by atoms with E-state index in [-0.39, 0.29) is 11.5 Å². The molecule has 2 aliphatic rings. The number of fused-ring (bicyclic) bond motifs is 1. The maximum atomic E-state index is 13.3. The molecule has 0 bridgehead atoms. The Bertz CT molecular complexity index is 792. The van der Waals surface area contributed by atoms with E-state index in [1.54, 1.807) is 16.4 Å². The summed E-state index contributed by atoms with van der Waals surface area (Å²) < 4.78 is 28.4. The number of allylic oxidation sites excluding steroid dienone is 1. The maximum Gasteiger partial charge on any atom is 0.243 e. The highest BCUT2D eigenvalue weighted by Gasteiger charge is 2.57. The summed E-state index contributed by atoms with van der Waals surface area (Å²) in [4.78, 5) is 0.384. The quantitative estimate of drug-likeness (QED) is 0.740. The summed E-state index contributed by atoms with van der Waals surface area (Å²) in [5.74, 6) is 0.739. The van der Waals surface area contributed by atoms with Gasteiger partial charge in [0, 0.05) is 12.0 Å². The van der Waals surface area contributed by atoms with Gasteiger partial charge in [0.15, 0.2) is 0 Å². The summed E-state index contributed by atoms with van der Waals surface area (Å²) in [5.41, 5.74) is 2.09. The fourth-order valence-electron chi connectivity index (χ4n) is 4.28. The van der Waals surface area contributed by atoms with Crippen molar-refractivity contribution in [1.29, 1.82) is 0 Å². The largest absolute Gasteiger partial charge is 0.243 e. The molecular weight excluding hydrogens is 330 g/mol. The van der Waals surface area contributed by atoms with Gasteiger partial charge in [0.05, 0.1) is 10.9 Å². The van der Waals surface area contributed by atoms with Crippen molar-refractivity contribution >= 4 is 10.0 Å². The Kier molecular flexibility index (Phi) is 4.71. The lowest BCUT2D eigenvalue weighted by atomic mass is 9.74. The Morgan fingerprint density at radius 1 is 1.28 bits per heavy atom. The zero-order chi connectivity index (χ0) is 18.4. The molecule has 1 saturated heterocycles. The SMILES string of the molecule is C=C1CCC2CN(S(=O)(=O)c3ccc(C)cc3)[C@@H](/C=C/C(C)C)C12C. The van der Waals surface area contributed by atoms with Crippen LogP contribution in [0.4, 0.5) is 0 Å². The number of sulfonamides is 1. The van der Waals surface area contributed by atoms with Gasteiger partial charge < -0.3 is 0 Å². The number of nitrogens with zero attached hydrogens (tertiary/aromatic N) is 1. The predicted molar refractivity (Wildman–Crippen MR) is 103 cm³/mol. The molecule has 3 rings (SSSR count). The highest BCUT2D eigenvalue weighted by atomic mass is 32.2. The van der Waals surface area contributed by atoms with Crippen LogP contribution in [0.25, 0.3) is 0 Å². The van der Waals surface area contributed by atoms with E-state index in [0.29, 0.717) is 23.3 Å². The van der Waals surface area contributed by atoms with Crippen LogP contribution in [0.2, 0.25) is 0 Å². The summed E-state index contributed by atoms with van der Waals surface area (Å²) >= 11 is 0. The first-order valence-electron chi connectivity index (χ1n) is 9.12. The molecule has 1 aliphatic heterocycles. The molecule has 0 radical (unpaired) electrons. The lowest BCUT2D eigenvalue weighted by Gasteiger charge is -2.33. The zero-order valence-electron chi connectivity index (χ0n) is 15.7. The first kappa shape index (κ1) is 18.4. The van der Waals surface area contributed by atoms with E-state index in [1.165, 1.54) is 5.57 Å². The average molecular weight is 360 g/mol. The predicted octanol–water partition coefficient (Wildman–Crippen LogP) is 4.55. The second-order valence-corrected chi connectivity index (χ2v) is 9.97. The third-order valence-electron chi connectivity index (χ3n) is 6.04. The third kappa shape index (κ3) is 3.00. The van der Waals surface area contributed by atoms with Gasteiger partial charge in [-0.2, -0.15) is 4.31 Å². The molecule has 1 saturated carbocycles. The van der Waals surface area contributed by atoms with Crippen LogP contribution in [0.5, 0.6) is 0 Å². The minimum absolute atomic E-state index is 0.152. The molecule has 3 atom stereocenters. The van der Waals surface area contributed by atoms with Crippen molar-refractivity contribution in [2.24, 2.45) is 17.3 Å². The molecule has 0 N–H and O–H groups in total. The Hall–Kier alpha value is -1.39. The smallest absolute Gasteiger partial charge is 0.207 e. The first-order valence-corrected chi connectivity index (χ1v) is 10.6. The standard InChI is InChI=1S/C21H29NO2S/c1-15(2)6-13-20-21(5)17(4)9-10-18(21)14-22(20)25(23,24)19-11-7-16(3)8-12-19/h6-8,11-13,15,18,20H,4,9-10,14H2,1-3,5H3/b13-6+/t18?,20-,21?/m0/s1. The molecule has 0 spiro atoms. The normalized spacial score (nSPS) is 30.5. The highest BCUT2D eigenvalue weighted by molar-refractivity contribution is 7.89. The van der Waals surface area contributed by atoms with Crippen molar-refractivity contribution in [2.45, 2.75) is 51.5 Å². The van der Waals surface area contributed by atoms with E-state index >= 15 is 0 Å². The minimum Gasteiger partial charge on any atom is -0.207 e. The number of hydrogen-bond acceptors (Lipinski definition) is 2. The van der Waals surface area contributed by atoms with Crippen molar-refractivity contribution in [3.05, 3.63) is 54.1 Å². The molecule has 3 nitrogen and oxygen atoms in total. The van der Waals surface area contributed by atoms with E-state index < -0.39 is 10.0 Å². The lowest BCUT2D eigenvalue weighted by molar-refractivity contribution is 0.303. The molecule has 1 aromatic rings. The van der Waals surface area contributed by atoms with Crippen LogP contribution in [0.15, 0.2) is 53.5 Å². The Labute approximate surface area is 152 Å². The van der Waals surface area contributed by atoms with E-state index in [4.69, 9.17) is 0 Å². The van der Waals surface area contributed by atoms with Gasteiger partial charge in [0.1, 0.15) is 0 Å². The lowest BCUT2D eigenvalue weighted by Crippen LogP contribution is -2.41. The molecule has 1 aliphatic carbocycles. The van der Waals surface area contributed by atoms with Crippen molar-refractivity contribution in [2.75, 3.05) is 6.54 Å². The van der Waals surface area contributed by atoms with Crippen LogP contribution in [-0.2, 0) is 10.0 Å². The van der Waals surface area contributed by atoms with Gasteiger partial charge in [-0.1, -0.05) is 62.8 Å². The fraction of sp³-hybridized carbons (Fsp3) is 0.524. The van der Waals surface area contributed by atoms with Crippen LogP contribution in [0.1, 0.15) is 39.2 Å². The van der Waals surface area contributed by atoms with Crippen molar-refractivity contribution in [3.8, 4) is 0 Å². The Morgan fingerprint density at radius 3 is 2.52 bits per heavy atom. The molecule has 1 heterocycles. The number of aryl methyl sites for hydroxylation is 1. The van der Waals surface area contributed by atoms with Gasteiger partial charge in [0.25, 0.3) is 0 Å². The number of rotatable bonds is 4. The Morgan fingerprint density at radius 2 is 1.92 bits per heavy atom. The molecule has 0 aromatic heterocycles. The summed E-state index contributed by atoms with van der Waals surface area (Å²) in [7, 11) is -3.52. The summed E-state index contributed by atoms with van der Waals surface area (Å²) in [5, 5.41) is 0. The van der Waals surface area contributed by atoms with E-state index in [1.807, 2.05) is 19.1 Å². The number of benzene rings is 1. The van der Waals surface area contributed by atoms with Crippen molar-refractivity contribution < 1.29 is 8.42 Å². The monoisotopic (exact) mass is 359 g/mol. The van der Waals surface area contributed by atoms with E-state index in [9.17, 15) is 8.42 Å². The van der Waals surface area contributed by atoms with Crippen LogP contribution in [0.3, 0.4) is 0 Å². The summed E-state index contributed by atoms with van der Waals surface area (Å²) in [6.07, 6.45) is 6.27. The molecule has 4 heteroatoms. The van der Waals surface area contributed by atoms with Crippen molar-refractivity contribution in [1.82, 2.24) is 4.31 Å². The highest BCUT2D eigenvalue weighted by Crippen LogP contribution is 2.56. The van der Waals surface area contributed by atoms with E-state index in [0.717, 1.165) is 18.4 Å². The average Bonchev–Trinajstić information content (AvgIpc) is 2.99. The topological polar surface area (TPSA) is 37.4 Å².